The van der Waals surface area contributed by atoms with E-state index in [9.17, 15) is 4.39 Å². The molecule has 20 heavy (non-hydrogen) atoms. The van der Waals surface area contributed by atoms with Crippen molar-refractivity contribution < 1.29 is 4.39 Å². The standard InChI is InChI=1S/C16H18BrFN2/c1-3-19-16(9-13-6-4-11(2)10-20-13)12-5-7-15(18)14(17)8-12/h4-8,10,16,19H,3,9H2,1-2H3. The summed E-state index contributed by atoms with van der Waals surface area (Å²) >= 11 is 3.24. The number of aryl methyl sites for hydroxylation is 1. The maximum atomic E-state index is 13.3. The van der Waals surface area contributed by atoms with Gasteiger partial charge < -0.3 is 5.32 Å². The molecule has 1 unspecified atom stereocenters. The lowest BCUT2D eigenvalue weighted by Crippen LogP contribution is -2.23. The van der Waals surface area contributed by atoms with Gasteiger partial charge in [-0.05, 0) is 58.7 Å². The highest BCUT2D eigenvalue weighted by Crippen LogP contribution is 2.23. The Hall–Kier alpha value is -1.26. The number of hydrogen-bond acceptors (Lipinski definition) is 2. The Bertz CT molecular complexity index is 569. The van der Waals surface area contributed by atoms with Crippen molar-refractivity contribution in [3.05, 3.63) is 63.6 Å². The summed E-state index contributed by atoms with van der Waals surface area (Å²) in [4.78, 5) is 4.44. The van der Waals surface area contributed by atoms with Crippen molar-refractivity contribution in [2.75, 3.05) is 6.54 Å². The summed E-state index contributed by atoms with van der Waals surface area (Å²) in [5.74, 6) is -0.238. The predicted molar refractivity (Wildman–Crippen MR) is 83.2 cm³/mol. The van der Waals surface area contributed by atoms with Gasteiger partial charge in [-0.1, -0.05) is 19.1 Å². The van der Waals surface area contributed by atoms with E-state index in [2.05, 4.69) is 39.2 Å². The Balaban J connectivity index is 2.21. The van der Waals surface area contributed by atoms with Gasteiger partial charge in [-0.15, -0.1) is 0 Å². The van der Waals surface area contributed by atoms with E-state index in [0.29, 0.717) is 4.47 Å². The third-order valence-electron chi connectivity index (χ3n) is 3.18. The molecule has 0 saturated carbocycles. The topological polar surface area (TPSA) is 24.9 Å². The lowest BCUT2D eigenvalue weighted by Gasteiger charge is -2.18. The van der Waals surface area contributed by atoms with Gasteiger partial charge in [0.25, 0.3) is 0 Å². The first-order chi connectivity index (χ1) is 9.60. The highest BCUT2D eigenvalue weighted by molar-refractivity contribution is 9.10. The van der Waals surface area contributed by atoms with Crippen molar-refractivity contribution in [1.29, 1.82) is 0 Å². The van der Waals surface area contributed by atoms with Crippen LogP contribution in [0.3, 0.4) is 0 Å². The number of likely N-dealkylation sites (N-methyl/N-ethyl adjacent to an activating group) is 1. The smallest absolute Gasteiger partial charge is 0.137 e. The molecule has 0 radical (unpaired) electrons. The van der Waals surface area contributed by atoms with Crippen LogP contribution in [0.4, 0.5) is 4.39 Å². The summed E-state index contributed by atoms with van der Waals surface area (Å²) in [6.07, 6.45) is 2.66. The summed E-state index contributed by atoms with van der Waals surface area (Å²) in [7, 11) is 0. The summed E-state index contributed by atoms with van der Waals surface area (Å²) in [6, 6.07) is 9.38. The van der Waals surface area contributed by atoms with Crippen molar-refractivity contribution in [2.45, 2.75) is 26.3 Å². The molecule has 4 heteroatoms. The minimum absolute atomic E-state index is 0.132. The average Bonchev–Trinajstić information content (AvgIpc) is 2.44. The van der Waals surface area contributed by atoms with Crippen LogP contribution in [-0.4, -0.2) is 11.5 Å². The molecular weight excluding hydrogens is 319 g/mol. The highest BCUT2D eigenvalue weighted by Gasteiger charge is 2.13. The molecule has 2 nitrogen and oxygen atoms in total. The maximum absolute atomic E-state index is 13.3. The Morgan fingerprint density at radius 1 is 1.30 bits per heavy atom. The second-order valence-electron chi connectivity index (χ2n) is 4.81. The number of pyridine rings is 1. The fraction of sp³-hybridized carbons (Fsp3) is 0.312. The number of hydrogen-bond donors (Lipinski definition) is 1. The Labute approximate surface area is 127 Å². The van der Waals surface area contributed by atoms with Crippen LogP contribution in [0.15, 0.2) is 41.0 Å². The first-order valence-corrected chi connectivity index (χ1v) is 7.49. The molecule has 1 heterocycles. The molecule has 1 atom stereocenters. The molecule has 0 amide bonds. The molecule has 2 rings (SSSR count). The number of nitrogens with zero attached hydrogens (tertiary/aromatic N) is 1. The van der Waals surface area contributed by atoms with Crippen LogP contribution in [0.5, 0.6) is 0 Å². The van der Waals surface area contributed by atoms with Crippen LogP contribution in [0, 0.1) is 12.7 Å². The molecule has 1 N–H and O–H groups in total. The summed E-state index contributed by atoms with van der Waals surface area (Å²) in [5, 5.41) is 3.43. The van der Waals surface area contributed by atoms with Gasteiger partial charge >= 0.3 is 0 Å². The van der Waals surface area contributed by atoms with E-state index in [0.717, 1.165) is 29.8 Å². The predicted octanol–water partition coefficient (Wildman–Crippen LogP) is 4.18. The van der Waals surface area contributed by atoms with Crippen molar-refractivity contribution in [3.8, 4) is 0 Å². The third-order valence-corrected chi connectivity index (χ3v) is 3.79. The van der Waals surface area contributed by atoms with Gasteiger partial charge in [-0.2, -0.15) is 0 Å². The largest absolute Gasteiger partial charge is 0.310 e. The van der Waals surface area contributed by atoms with E-state index < -0.39 is 0 Å². The molecule has 0 aliphatic rings. The number of halogens is 2. The molecule has 106 valence electrons. The van der Waals surface area contributed by atoms with Crippen LogP contribution in [0.25, 0.3) is 0 Å². The van der Waals surface area contributed by atoms with Crippen molar-refractivity contribution in [1.82, 2.24) is 10.3 Å². The lowest BCUT2D eigenvalue weighted by atomic mass is 10.0. The molecule has 1 aromatic carbocycles. The second kappa shape index (κ2) is 6.95. The van der Waals surface area contributed by atoms with E-state index in [1.165, 1.54) is 6.07 Å². The van der Waals surface area contributed by atoms with E-state index in [1.807, 2.05) is 31.3 Å². The van der Waals surface area contributed by atoms with Gasteiger partial charge in [0.05, 0.1) is 4.47 Å². The zero-order chi connectivity index (χ0) is 14.5. The summed E-state index contributed by atoms with van der Waals surface area (Å²) < 4.78 is 13.8. The summed E-state index contributed by atoms with van der Waals surface area (Å²) in [6.45, 7) is 4.94. The average molecular weight is 337 g/mol. The first kappa shape index (κ1) is 15.1. The normalized spacial score (nSPS) is 12.4. The second-order valence-corrected chi connectivity index (χ2v) is 5.67. The fourth-order valence-electron chi connectivity index (χ4n) is 2.11. The first-order valence-electron chi connectivity index (χ1n) is 6.70. The van der Waals surface area contributed by atoms with Crippen LogP contribution in [0.2, 0.25) is 0 Å². The molecule has 2 aromatic rings. The van der Waals surface area contributed by atoms with Crippen molar-refractivity contribution in [2.24, 2.45) is 0 Å². The quantitative estimate of drug-likeness (QED) is 0.885. The molecular formula is C16H18BrFN2. The van der Waals surface area contributed by atoms with E-state index in [-0.39, 0.29) is 11.9 Å². The summed E-state index contributed by atoms with van der Waals surface area (Å²) in [5.41, 5.74) is 3.24. The van der Waals surface area contributed by atoms with Gasteiger partial charge in [-0.3, -0.25) is 4.98 Å². The van der Waals surface area contributed by atoms with Crippen LogP contribution < -0.4 is 5.32 Å². The van der Waals surface area contributed by atoms with Gasteiger partial charge in [0, 0.05) is 24.4 Å². The van der Waals surface area contributed by atoms with Crippen LogP contribution in [0.1, 0.15) is 29.8 Å². The molecule has 0 bridgehead atoms. The van der Waals surface area contributed by atoms with Gasteiger partial charge in [0.1, 0.15) is 5.82 Å². The van der Waals surface area contributed by atoms with E-state index in [1.54, 1.807) is 0 Å². The monoisotopic (exact) mass is 336 g/mol. The Morgan fingerprint density at radius 3 is 2.70 bits per heavy atom. The minimum Gasteiger partial charge on any atom is -0.310 e. The van der Waals surface area contributed by atoms with E-state index >= 15 is 0 Å². The van der Waals surface area contributed by atoms with E-state index in [4.69, 9.17) is 0 Å². The SMILES string of the molecule is CCNC(Cc1ccc(C)cn1)c1ccc(F)c(Br)c1. The minimum atomic E-state index is -0.238. The zero-order valence-corrected chi connectivity index (χ0v) is 13.2. The van der Waals surface area contributed by atoms with Gasteiger partial charge in [-0.25, -0.2) is 4.39 Å². The number of rotatable bonds is 5. The number of aromatic nitrogens is 1. The highest BCUT2D eigenvalue weighted by atomic mass is 79.9. The fourth-order valence-corrected chi connectivity index (χ4v) is 2.51. The molecule has 1 aromatic heterocycles. The lowest BCUT2D eigenvalue weighted by molar-refractivity contribution is 0.541. The van der Waals surface area contributed by atoms with Gasteiger partial charge in [0.2, 0.25) is 0 Å². The Morgan fingerprint density at radius 2 is 2.10 bits per heavy atom. The third kappa shape index (κ3) is 3.87. The van der Waals surface area contributed by atoms with Crippen LogP contribution >= 0.6 is 15.9 Å². The number of benzene rings is 1. The maximum Gasteiger partial charge on any atom is 0.137 e. The molecule has 0 fully saturated rings. The zero-order valence-electron chi connectivity index (χ0n) is 11.7. The van der Waals surface area contributed by atoms with Crippen LogP contribution in [-0.2, 0) is 6.42 Å². The molecule has 0 spiro atoms. The van der Waals surface area contributed by atoms with Gasteiger partial charge in [0.15, 0.2) is 0 Å². The Kier molecular flexibility index (Phi) is 5.26. The molecule has 0 saturated heterocycles. The number of nitrogens with one attached hydrogen (secondary N) is 1. The van der Waals surface area contributed by atoms with Crippen molar-refractivity contribution >= 4 is 15.9 Å². The molecule has 0 aliphatic heterocycles. The van der Waals surface area contributed by atoms with Crippen molar-refractivity contribution in [3.63, 3.8) is 0 Å². The molecule has 0 aliphatic carbocycles.